The van der Waals surface area contributed by atoms with Crippen LogP contribution in [0.3, 0.4) is 0 Å². The van der Waals surface area contributed by atoms with E-state index in [0.717, 1.165) is 12.5 Å². The lowest BCUT2D eigenvalue weighted by Gasteiger charge is -2.38. The molecule has 0 bridgehead atoms. The Labute approximate surface area is 115 Å². The van der Waals surface area contributed by atoms with Gasteiger partial charge in [0.1, 0.15) is 0 Å². The van der Waals surface area contributed by atoms with Gasteiger partial charge < -0.3 is 10.2 Å². The fraction of sp³-hybridized carbons (Fsp3) is 1.00. The molecule has 1 rings (SSSR count). The van der Waals surface area contributed by atoms with Crippen LogP contribution < -0.4 is 5.32 Å². The van der Waals surface area contributed by atoms with Crippen molar-refractivity contribution < 1.29 is 0 Å². The van der Waals surface area contributed by atoms with Crippen LogP contribution in [-0.4, -0.2) is 36.6 Å². The van der Waals surface area contributed by atoms with Crippen molar-refractivity contribution in [1.82, 2.24) is 10.2 Å². The number of hydrogen-bond donors (Lipinski definition) is 1. The predicted molar refractivity (Wildman–Crippen MR) is 81.0 cm³/mol. The maximum Gasteiger partial charge on any atom is 0.00967 e. The molecule has 0 aromatic heterocycles. The molecule has 1 N–H and O–H groups in total. The molecule has 2 nitrogen and oxygen atoms in total. The van der Waals surface area contributed by atoms with Gasteiger partial charge in [0.15, 0.2) is 0 Å². The fourth-order valence-electron chi connectivity index (χ4n) is 2.72. The van der Waals surface area contributed by atoms with Crippen molar-refractivity contribution in [3.8, 4) is 0 Å². The highest BCUT2D eigenvalue weighted by Gasteiger charge is 2.26. The lowest BCUT2D eigenvalue weighted by molar-refractivity contribution is 0.121. The minimum Gasteiger partial charge on any atom is -0.311 e. The summed E-state index contributed by atoms with van der Waals surface area (Å²) < 4.78 is 0. The zero-order valence-electron chi connectivity index (χ0n) is 13.5. The highest BCUT2D eigenvalue weighted by molar-refractivity contribution is 4.82. The summed E-state index contributed by atoms with van der Waals surface area (Å²) in [5.74, 6) is 0.983. The van der Waals surface area contributed by atoms with Crippen molar-refractivity contribution in [3.05, 3.63) is 0 Å². The molecule has 0 unspecified atom stereocenters. The van der Waals surface area contributed by atoms with Crippen molar-refractivity contribution in [2.24, 2.45) is 11.3 Å². The molecule has 1 fully saturated rings. The minimum atomic E-state index is 0.229. The summed E-state index contributed by atoms with van der Waals surface area (Å²) in [6.45, 7) is 18.8. The normalized spacial score (nSPS) is 20.3. The van der Waals surface area contributed by atoms with Crippen molar-refractivity contribution in [2.75, 3.05) is 26.2 Å². The molecule has 108 valence electrons. The second kappa shape index (κ2) is 6.38. The summed E-state index contributed by atoms with van der Waals surface area (Å²) in [6, 6.07) is 0. The highest BCUT2D eigenvalue weighted by atomic mass is 15.1. The van der Waals surface area contributed by atoms with Gasteiger partial charge in [-0.1, -0.05) is 27.2 Å². The Kier molecular flexibility index (Phi) is 5.67. The number of hydrogen-bond acceptors (Lipinski definition) is 2. The van der Waals surface area contributed by atoms with Crippen molar-refractivity contribution in [1.29, 1.82) is 0 Å². The van der Waals surface area contributed by atoms with Crippen molar-refractivity contribution in [2.45, 2.75) is 66.3 Å². The van der Waals surface area contributed by atoms with Crippen molar-refractivity contribution >= 4 is 0 Å². The Hall–Kier alpha value is -0.0800. The smallest absolute Gasteiger partial charge is 0.00967 e. The van der Waals surface area contributed by atoms with Gasteiger partial charge in [0, 0.05) is 18.6 Å². The van der Waals surface area contributed by atoms with Gasteiger partial charge in [0.05, 0.1) is 0 Å². The van der Waals surface area contributed by atoms with Crippen LogP contribution in [0, 0.1) is 11.3 Å². The third-order valence-electron chi connectivity index (χ3n) is 4.03. The largest absolute Gasteiger partial charge is 0.311 e. The summed E-state index contributed by atoms with van der Waals surface area (Å²) in [5.41, 5.74) is 0.596. The number of nitrogens with zero attached hydrogens (tertiary/aromatic N) is 1. The summed E-state index contributed by atoms with van der Waals surface area (Å²) in [6.07, 6.45) is 4.17. The van der Waals surface area contributed by atoms with Crippen molar-refractivity contribution in [3.63, 3.8) is 0 Å². The van der Waals surface area contributed by atoms with E-state index in [1.165, 1.54) is 38.9 Å². The van der Waals surface area contributed by atoms with Gasteiger partial charge in [-0.25, -0.2) is 0 Å². The maximum absolute atomic E-state index is 3.65. The molecule has 0 aromatic rings. The van der Waals surface area contributed by atoms with Crippen LogP contribution in [0.5, 0.6) is 0 Å². The first-order valence-electron chi connectivity index (χ1n) is 7.69. The first-order valence-corrected chi connectivity index (χ1v) is 7.69. The molecule has 1 heterocycles. The molecule has 0 aliphatic carbocycles. The van der Waals surface area contributed by atoms with Gasteiger partial charge in [-0.05, 0) is 58.0 Å². The second-order valence-electron chi connectivity index (χ2n) is 7.90. The molecule has 0 saturated carbocycles. The van der Waals surface area contributed by atoms with E-state index in [1.54, 1.807) is 0 Å². The lowest BCUT2D eigenvalue weighted by atomic mass is 9.88. The van der Waals surface area contributed by atoms with E-state index in [1.807, 2.05) is 0 Å². The van der Waals surface area contributed by atoms with Crippen LogP contribution in [0.15, 0.2) is 0 Å². The zero-order valence-corrected chi connectivity index (χ0v) is 13.5. The first-order chi connectivity index (χ1) is 8.22. The lowest BCUT2D eigenvalue weighted by Crippen LogP contribution is -2.47. The van der Waals surface area contributed by atoms with Crippen LogP contribution in [0.2, 0.25) is 0 Å². The zero-order chi connectivity index (χ0) is 13.8. The standard InChI is InChI=1S/C16H34N2/c1-7-14-8-10-18(11-9-14)13-16(5,6)12-17-15(2,3)4/h14,17H,7-13H2,1-6H3. The third kappa shape index (κ3) is 6.19. The maximum atomic E-state index is 3.65. The molecule has 1 saturated heterocycles. The number of rotatable bonds is 5. The molecule has 0 amide bonds. The van der Waals surface area contributed by atoms with Gasteiger partial charge in [-0.15, -0.1) is 0 Å². The topological polar surface area (TPSA) is 15.3 Å². The van der Waals surface area contributed by atoms with E-state index in [9.17, 15) is 0 Å². The Bertz CT molecular complexity index is 232. The van der Waals surface area contributed by atoms with Crippen LogP contribution in [-0.2, 0) is 0 Å². The van der Waals surface area contributed by atoms with Crippen LogP contribution in [0.4, 0.5) is 0 Å². The average Bonchev–Trinajstić information content (AvgIpc) is 2.26. The van der Waals surface area contributed by atoms with Gasteiger partial charge in [0.2, 0.25) is 0 Å². The SMILES string of the molecule is CCC1CCN(CC(C)(C)CNC(C)(C)C)CC1. The Morgan fingerprint density at radius 1 is 1.06 bits per heavy atom. The molecule has 0 spiro atoms. The molecule has 0 atom stereocenters. The Balaban J connectivity index is 2.32. The first kappa shape index (κ1) is 16.0. The van der Waals surface area contributed by atoms with Crippen LogP contribution >= 0.6 is 0 Å². The third-order valence-corrected chi connectivity index (χ3v) is 4.03. The molecular formula is C16H34N2. The average molecular weight is 254 g/mol. The summed E-state index contributed by atoms with van der Waals surface area (Å²) >= 11 is 0. The van der Waals surface area contributed by atoms with Crippen LogP contribution in [0.1, 0.15) is 60.8 Å². The second-order valence-corrected chi connectivity index (χ2v) is 7.90. The van der Waals surface area contributed by atoms with E-state index in [4.69, 9.17) is 0 Å². The predicted octanol–water partition coefficient (Wildman–Crippen LogP) is 3.52. The molecule has 1 aliphatic heterocycles. The number of likely N-dealkylation sites (tertiary alicyclic amines) is 1. The summed E-state index contributed by atoms with van der Waals surface area (Å²) in [7, 11) is 0. The molecular weight excluding hydrogens is 220 g/mol. The summed E-state index contributed by atoms with van der Waals surface area (Å²) in [5, 5.41) is 3.65. The molecule has 2 heteroatoms. The van der Waals surface area contributed by atoms with Gasteiger partial charge in [-0.3, -0.25) is 0 Å². The monoisotopic (exact) mass is 254 g/mol. The van der Waals surface area contributed by atoms with Gasteiger partial charge in [-0.2, -0.15) is 0 Å². The van der Waals surface area contributed by atoms with E-state index < -0.39 is 0 Å². The molecule has 1 aliphatic rings. The number of piperidine rings is 1. The van der Waals surface area contributed by atoms with E-state index in [0.29, 0.717) is 5.41 Å². The Morgan fingerprint density at radius 2 is 1.61 bits per heavy atom. The fourth-order valence-corrected chi connectivity index (χ4v) is 2.72. The van der Waals surface area contributed by atoms with Gasteiger partial charge in [0.25, 0.3) is 0 Å². The molecule has 0 radical (unpaired) electrons. The van der Waals surface area contributed by atoms with Crippen LogP contribution in [0.25, 0.3) is 0 Å². The quantitative estimate of drug-likeness (QED) is 0.807. The summed E-state index contributed by atoms with van der Waals surface area (Å²) in [4.78, 5) is 2.66. The van der Waals surface area contributed by atoms with Gasteiger partial charge >= 0.3 is 0 Å². The molecule has 18 heavy (non-hydrogen) atoms. The van der Waals surface area contributed by atoms with E-state index in [2.05, 4.69) is 51.8 Å². The number of nitrogens with one attached hydrogen (secondary N) is 1. The minimum absolute atomic E-state index is 0.229. The van der Waals surface area contributed by atoms with E-state index in [-0.39, 0.29) is 5.54 Å². The highest BCUT2D eigenvalue weighted by Crippen LogP contribution is 2.24. The molecule has 0 aromatic carbocycles. The Morgan fingerprint density at radius 3 is 2.06 bits per heavy atom. The van der Waals surface area contributed by atoms with E-state index >= 15 is 0 Å².